The summed E-state index contributed by atoms with van der Waals surface area (Å²) in [5.74, 6) is 0.395. The van der Waals surface area contributed by atoms with E-state index in [-0.39, 0.29) is 24.4 Å². The molecule has 2 aromatic carbocycles. The van der Waals surface area contributed by atoms with Crippen LogP contribution >= 0.6 is 11.6 Å². The molecule has 200 valence electrons. The van der Waals surface area contributed by atoms with E-state index in [2.05, 4.69) is 16.8 Å². The van der Waals surface area contributed by atoms with Crippen LogP contribution in [0.4, 0.5) is 0 Å². The first-order valence-corrected chi connectivity index (χ1v) is 12.8. The van der Waals surface area contributed by atoms with Crippen molar-refractivity contribution in [2.75, 3.05) is 12.0 Å². The van der Waals surface area contributed by atoms with Gasteiger partial charge in [-0.2, -0.15) is 0 Å². The Morgan fingerprint density at radius 2 is 2.00 bits per heavy atom. The summed E-state index contributed by atoms with van der Waals surface area (Å²) in [6, 6.07) is 12.7. The number of primary amides is 1. The second-order valence-electron chi connectivity index (χ2n) is 9.15. The topological polar surface area (TPSA) is 125 Å². The molecule has 1 aliphatic heterocycles. The molecule has 38 heavy (non-hydrogen) atoms. The minimum Gasteiger partial charge on any atom is -0.493 e. The van der Waals surface area contributed by atoms with Crippen LogP contribution in [0.5, 0.6) is 11.5 Å². The van der Waals surface area contributed by atoms with Crippen LogP contribution in [0.3, 0.4) is 0 Å². The van der Waals surface area contributed by atoms with Gasteiger partial charge in [0.25, 0.3) is 11.5 Å². The molecule has 0 spiro atoms. The Kier molecular flexibility index (Phi) is 8.58. The number of aromatic nitrogens is 1. The summed E-state index contributed by atoms with van der Waals surface area (Å²) >= 11 is 6.14. The van der Waals surface area contributed by atoms with E-state index in [1.807, 2.05) is 12.1 Å². The minimum absolute atomic E-state index is 0.0982. The molecule has 1 aromatic heterocycles. The third-order valence-corrected chi connectivity index (χ3v) is 6.66. The fourth-order valence-corrected chi connectivity index (χ4v) is 4.44. The fraction of sp³-hybridized carbons (Fsp3) is 0.321. The lowest BCUT2D eigenvalue weighted by atomic mass is 10.1. The van der Waals surface area contributed by atoms with Gasteiger partial charge in [-0.1, -0.05) is 30.7 Å². The van der Waals surface area contributed by atoms with Crippen LogP contribution < -0.4 is 31.5 Å². The predicted molar refractivity (Wildman–Crippen MR) is 145 cm³/mol. The van der Waals surface area contributed by atoms with Crippen LogP contribution in [0.25, 0.3) is 0 Å². The van der Waals surface area contributed by atoms with Gasteiger partial charge in [0, 0.05) is 35.3 Å². The molecule has 4 rings (SSSR count). The number of hydrogen-bond acceptors (Lipinski definition) is 6. The third-order valence-electron chi connectivity index (χ3n) is 6.43. The summed E-state index contributed by atoms with van der Waals surface area (Å²) in [7, 11) is 0. The first kappa shape index (κ1) is 27.1. The average Bonchev–Trinajstić information content (AvgIpc) is 3.36. The normalized spacial score (nSPS) is 12.8. The molecule has 0 bridgehead atoms. The monoisotopic (exact) mass is 538 g/mol. The summed E-state index contributed by atoms with van der Waals surface area (Å²) in [5, 5.41) is 3.27. The Labute approximate surface area is 225 Å². The van der Waals surface area contributed by atoms with Crippen LogP contribution in [0, 0.1) is 6.92 Å². The van der Waals surface area contributed by atoms with Crippen LogP contribution in [0.2, 0.25) is 5.02 Å². The first-order valence-electron chi connectivity index (χ1n) is 12.5. The van der Waals surface area contributed by atoms with Gasteiger partial charge in [-0.3, -0.25) is 14.4 Å². The van der Waals surface area contributed by atoms with Gasteiger partial charge in [0.2, 0.25) is 5.91 Å². The lowest BCUT2D eigenvalue weighted by Crippen LogP contribution is -2.35. The molecular weight excluding hydrogens is 508 g/mol. The summed E-state index contributed by atoms with van der Waals surface area (Å²) in [5.41, 5.74) is 12.1. The van der Waals surface area contributed by atoms with Gasteiger partial charge < -0.3 is 25.9 Å². The molecule has 0 radical (unpaired) electrons. The van der Waals surface area contributed by atoms with E-state index in [1.165, 1.54) is 4.68 Å². The molecule has 1 atom stereocenters. The van der Waals surface area contributed by atoms with E-state index in [0.29, 0.717) is 41.5 Å². The Morgan fingerprint density at radius 1 is 1.18 bits per heavy atom. The van der Waals surface area contributed by atoms with Crippen molar-refractivity contribution in [1.82, 2.24) is 9.99 Å². The maximum atomic E-state index is 13.1. The van der Waals surface area contributed by atoms with E-state index < -0.39 is 12.0 Å². The highest BCUT2D eigenvalue weighted by molar-refractivity contribution is 6.30. The molecule has 2 heterocycles. The number of amides is 2. The number of fused-ring (bicyclic) bond motifs is 1. The number of hydrogen-bond donors (Lipinski definition) is 3. The van der Waals surface area contributed by atoms with Gasteiger partial charge in [0.15, 0.2) is 6.10 Å². The standard InChI is InChI=1S/C28H31ClN4O5/c1-3-23(27(30)35)38-25-7-5-21(29)13-20(25)16-31-26(34)14-22-17(2)8-10-33(28(22)36)32-15-18-4-6-24-19(12-18)9-11-37-24/h4-8,10,12-13,23,32H,3,9,11,14-16H2,1-2H3,(H2,30,35)(H,31,34). The summed E-state index contributed by atoms with van der Waals surface area (Å²) < 4.78 is 12.7. The number of pyridine rings is 1. The molecule has 0 aliphatic carbocycles. The number of nitrogens with one attached hydrogen (secondary N) is 2. The lowest BCUT2D eigenvalue weighted by molar-refractivity contribution is -0.125. The highest BCUT2D eigenvalue weighted by Gasteiger charge is 2.18. The van der Waals surface area contributed by atoms with E-state index in [4.69, 9.17) is 26.8 Å². The Balaban J connectivity index is 1.41. The molecule has 3 aromatic rings. The number of benzene rings is 2. The van der Waals surface area contributed by atoms with Crippen molar-refractivity contribution >= 4 is 23.4 Å². The van der Waals surface area contributed by atoms with Gasteiger partial charge in [0.05, 0.1) is 19.6 Å². The SMILES string of the molecule is CCC(Oc1ccc(Cl)cc1CNC(=O)Cc1c(C)ccn(NCc2ccc3c(c2)CCO3)c1=O)C(N)=O. The number of carbonyl (C=O) groups excluding carboxylic acids is 2. The van der Waals surface area contributed by atoms with Crippen molar-refractivity contribution in [3.8, 4) is 11.5 Å². The molecule has 2 amide bonds. The molecule has 0 saturated carbocycles. The predicted octanol–water partition coefficient (Wildman–Crippen LogP) is 2.99. The van der Waals surface area contributed by atoms with E-state index in [9.17, 15) is 14.4 Å². The maximum Gasteiger partial charge on any atom is 0.272 e. The van der Waals surface area contributed by atoms with Crippen LogP contribution in [0.15, 0.2) is 53.5 Å². The minimum atomic E-state index is -0.797. The van der Waals surface area contributed by atoms with Crippen molar-refractivity contribution in [1.29, 1.82) is 0 Å². The van der Waals surface area contributed by atoms with Gasteiger partial charge >= 0.3 is 0 Å². The van der Waals surface area contributed by atoms with Gasteiger partial charge in [0.1, 0.15) is 11.5 Å². The molecule has 9 nitrogen and oxygen atoms in total. The quantitative estimate of drug-likeness (QED) is 0.345. The average molecular weight is 539 g/mol. The van der Waals surface area contributed by atoms with Crippen molar-refractivity contribution < 1.29 is 19.1 Å². The van der Waals surface area contributed by atoms with Gasteiger partial charge in [-0.25, -0.2) is 4.68 Å². The number of rotatable bonds is 11. The van der Waals surface area contributed by atoms with Crippen molar-refractivity contribution in [3.63, 3.8) is 0 Å². The summed E-state index contributed by atoms with van der Waals surface area (Å²) in [6.07, 6.45) is 2.04. The fourth-order valence-electron chi connectivity index (χ4n) is 4.25. The largest absolute Gasteiger partial charge is 0.493 e. The molecular formula is C28H31ClN4O5. The highest BCUT2D eigenvalue weighted by atomic mass is 35.5. The Morgan fingerprint density at radius 3 is 2.76 bits per heavy atom. The molecule has 1 aliphatic rings. The molecule has 1 unspecified atom stereocenters. The smallest absolute Gasteiger partial charge is 0.272 e. The summed E-state index contributed by atoms with van der Waals surface area (Å²) in [6.45, 7) is 4.82. The second kappa shape index (κ2) is 12.0. The second-order valence-corrected chi connectivity index (χ2v) is 9.59. The number of nitrogens with two attached hydrogens (primary N) is 1. The third kappa shape index (κ3) is 6.47. The molecule has 0 saturated heterocycles. The van der Waals surface area contributed by atoms with E-state index in [0.717, 1.165) is 28.9 Å². The van der Waals surface area contributed by atoms with E-state index >= 15 is 0 Å². The molecule has 0 fully saturated rings. The van der Waals surface area contributed by atoms with Crippen molar-refractivity contribution in [3.05, 3.63) is 91.9 Å². The molecule has 4 N–H and O–H groups in total. The number of carbonyl (C=O) groups is 2. The number of nitrogens with zero attached hydrogens (tertiary/aromatic N) is 1. The Bertz CT molecular complexity index is 1400. The maximum absolute atomic E-state index is 13.1. The summed E-state index contributed by atoms with van der Waals surface area (Å²) in [4.78, 5) is 37.6. The van der Waals surface area contributed by atoms with Gasteiger partial charge in [-0.05, 0) is 60.4 Å². The van der Waals surface area contributed by atoms with Crippen LogP contribution in [-0.4, -0.2) is 29.2 Å². The zero-order valence-electron chi connectivity index (χ0n) is 21.4. The van der Waals surface area contributed by atoms with Crippen molar-refractivity contribution in [2.45, 2.75) is 52.3 Å². The zero-order chi connectivity index (χ0) is 27.2. The molecule has 10 heteroatoms. The first-order chi connectivity index (χ1) is 18.2. The zero-order valence-corrected chi connectivity index (χ0v) is 22.1. The highest BCUT2D eigenvalue weighted by Crippen LogP contribution is 2.26. The van der Waals surface area contributed by atoms with Crippen LogP contribution in [0.1, 0.15) is 41.2 Å². The van der Waals surface area contributed by atoms with Crippen LogP contribution in [-0.2, 0) is 35.5 Å². The Hall–Kier alpha value is -3.98. The number of ether oxygens (including phenoxy) is 2. The number of aryl methyl sites for hydroxylation is 1. The number of halogens is 1. The van der Waals surface area contributed by atoms with Gasteiger partial charge in [-0.15, -0.1) is 0 Å². The van der Waals surface area contributed by atoms with Crippen molar-refractivity contribution in [2.24, 2.45) is 5.73 Å². The lowest BCUT2D eigenvalue weighted by Gasteiger charge is -2.18. The van der Waals surface area contributed by atoms with E-state index in [1.54, 1.807) is 44.3 Å².